The summed E-state index contributed by atoms with van der Waals surface area (Å²) in [6.45, 7) is 28.4. The molecule has 2 radical (unpaired) electrons. The minimum atomic E-state index is -0.981. The van der Waals surface area contributed by atoms with Crippen LogP contribution in [0.25, 0.3) is 0 Å². The Bertz CT molecular complexity index is 1840. The molecule has 0 aromatic heterocycles. The summed E-state index contributed by atoms with van der Waals surface area (Å²) in [5, 5.41) is 12.0. The Labute approximate surface area is 463 Å². The van der Waals surface area contributed by atoms with Crippen LogP contribution in [0.2, 0.25) is 78.6 Å². The van der Waals surface area contributed by atoms with E-state index < -0.39 is 32.3 Å². The van der Waals surface area contributed by atoms with Gasteiger partial charge in [0.1, 0.15) is 19.0 Å². The van der Waals surface area contributed by atoms with Crippen molar-refractivity contribution in [1.29, 1.82) is 0 Å². The van der Waals surface area contributed by atoms with Gasteiger partial charge in [-0.15, -0.1) is 25.7 Å². The zero-order valence-corrected chi connectivity index (χ0v) is 56.9. The van der Waals surface area contributed by atoms with Crippen molar-refractivity contribution in [3.8, 4) is 0 Å². The predicted molar refractivity (Wildman–Crippen MR) is 294 cm³/mol. The third kappa shape index (κ3) is 28.8. The quantitative estimate of drug-likeness (QED) is 0.143. The van der Waals surface area contributed by atoms with E-state index in [9.17, 15) is 0 Å². The Morgan fingerprint density at radius 3 is 0.576 bits per heavy atom. The Morgan fingerprint density at radius 1 is 0.303 bits per heavy atom. The van der Waals surface area contributed by atoms with Crippen LogP contribution >= 0.6 is 0 Å². The minimum Gasteiger partial charge on any atom is -1.00 e. The van der Waals surface area contributed by atoms with Crippen molar-refractivity contribution in [3.63, 3.8) is 0 Å². The second kappa shape index (κ2) is 34.7. The minimum absolute atomic E-state index is 0. The maximum Gasteiger partial charge on any atom is 0.103 e. The Balaban J connectivity index is 0. The SMILES string of the molecule is C[Si](C)(C)C1=CC[C-]=C1.C[Si](C)(C)C1=CC[C-]=C1.C[Si](C)(C)C1=CC[C-]=C1.C[Si](C)(C)C1=CC[C-]=C1.[Cl-].[Cl-].[Hf].[Hf].c1ccc([SiH]c2ccccc2)cc1.c1ccc([SiH]c2ccccc2)cc1. The first-order chi connectivity index (χ1) is 29.3. The van der Waals surface area contributed by atoms with Crippen molar-refractivity contribution in [2.45, 2.75) is 104 Å². The first kappa shape index (κ1) is 66.5. The van der Waals surface area contributed by atoms with Crippen LogP contribution in [0.3, 0.4) is 0 Å². The van der Waals surface area contributed by atoms with Crippen molar-refractivity contribution in [3.05, 3.63) is 215 Å². The van der Waals surface area contributed by atoms with Gasteiger partial charge in [0, 0.05) is 51.7 Å². The van der Waals surface area contributed by atoms with E-state index in [-0.39, 0.29) is 95.5 Å². The summed E-state index contributed by atoms with van der Waals surface area (Å²) in [5.41, 5.74) is 0. The summed E-state index contributed by atoms with van der Waals surface area (Å²) in [6.07, 6.45) is 34.8. The Kier molecular flexibility index (Phi) is 34.9. The van der Waals surface area contributed by atoms with Gasteiger partial charge < -0.3 is 24.8 Å². The molecule has 4 aromatic carbocycles. The summed E-state index contributed by atoms with van der Waals surface area (Å²) in [5.74, 6) is 0. The van der Waals surface area contributed by atoms with Gasteiger partial charge in [-0.1, -0.05) is 221 Å². The fourth-order valence-electron chi connectivity index (χ4n) is 6.26. The van der Waals surface area contributed by atoms with Gasteiger partial charge in [0.2, 0.25) is 0 Å². The molecule has 0 aliphatic heterocycles. The van der Waals surface area contributed by atoms with Gasteiger partial charge in [-0.25, -0.2) is 45.1 Å². The van der Waals surface area contributed by atoms with Gasteiger partial charge in [0.05, 0.1) is 0 Å². The first-order valence-electron chi connectivity index (χ1n) is 22.3. The largest absolute Gasteiger partial charge is 1.00 e. The van der Waals surface area contributed by atoms with E-state index in [1.165, 1.54) is 20.7 Å². The van der Waals surface area contributed by atoms with E-state index >= 15 is 0 Å². The molecular weight excluding hydrogens is 1270 g/mol. The number of halogens is 2. The van der Waals surface area contributed by atoms with Crippen molar-refractivity contribution < 1.29 is 76.5 Å². The van der Waals surface area contributed by atoms with Crippen LogP contribution in [0.1, 0.15) is 25.7 Å². The van der Waals surface area contributed by atoms with E-state index in [4.69, 9.17) is 0 Å². The van der Waals surface area contributed by atoms with E-state index in [2.05, 4.69) is 273 Å². The van der Waals surface area contributed by atoms with E-state index in [0.717, 1.165) is 25.7 Å². The number of hydrogen-bond donors (Lipinski definition) is 0. The molecule has 0 amide bonds. The zero-order chi connectivity index (χ0) is 45.5. The molecule has 10 heteroatoms. The fraction of sp³-hybridized carbons (Fsp3) is 0.286. The molecule has 0 spiro atoms. The maximum absolute atomic E-state index is 3.20. The molecule has 0 fully saturated rings. The normalized spacial score (nSPS) is 13.9. The topological polar surface area (TPSA) is 0 Å². The average molecular weight is 1340 g/mol. The molecule has 0 N–H and O–H groups in total. The molecule has 0 atom stereocenters. The molecular formula is C56H74Cl2Hf2Si6-6. The van der Waals surface area contributed by atoms with E-state index in [1.807, 2.05) is 0 Å². The molecule has 350 valence electrons. The number of allylic oxidation sites excluding steroid dienone is 16. The van der Waals surface area contributed by atoms with Crippen LogP contribution in [0.4, 0.5) is 0 Å². The van der Waals surface area contributed by atoms with Crippen molar-refractivity contribution >= 4 is 72.1 Å². The van der Waals surface area contributed by atoms with Gasteiger partial charge in [-0.3, -0.25) is 24.3 Å². The molecule has 0 saturated carbocycles. The average Bonchev–Trinajstić information content (AvgIpc) is 4.08. The zero-order valence-electron chi connectivity index (χ0n) is 41.9. The van der Waals surface area contributed by atoms with E-state index in [0.29, 0.717) is 0 Å². The van der Waals surface area contributed by atoms with Crippen molar-refractivity contribution in [1.82, 2.24) is 0 Å². The molecule has 0 heterocycles. The standard InChI is InChI=1S/2C12H11Si.4C8H13Si.2ClH.2Hf/c2*1-3-7-11(8-4-1)13-12-9-5-2-6-10-12;4*1-9(2,3)8-6-4-5-7-8;;;;/h2*1-10,13H;4*6-7H,4H2,1-3H3;2*1H;;/q;;4*-1;;;;/p-2. The number of hydrogen-bond acceptors (Lipinski definition) is 0. The van der Waals surface area contributed by atoms with Gasteiger partial charge >= 0.3 is 0 Å². The van der Waals surface area contributed by atoms with Crippen molar-refractivity contribution in [2.75, 3.05) is 0 Å². The van der Waals surface area contributed by atoms with Crippen LogP contribution in [0, 0.1) is 24.3 Å². The van der Waals surface area contributed by atoms with Crippen LogP contribution < -0.4 is 45.6 Å². The summed E-state index contributed by atoms with van der Waals surface area (Å²) < 4.78 is 0. The van der Waals surface area contributed by atoms with Gasteiger partial charge in [-0.2, -0.15) is 24.3 Å². The maximum atomic E-state index is 3.20. The monoisotopic (exact) mass is 1340 g/mol. The Hall–Kier alpha value is -1.58. The molecule has 4 aliphatic rings. The van der Waals surface area contributed by atoms with Gasteiger partial charge in [0.25, 0.3) is 0 Å². The molecule has 8 rings (SSSR count). The molecule has 66 heavy (non-hydrogen) atoms. The summed E-state index contributed by atoms with van der Waals surface area (Å²) >= 11 is 0. The molecule has 4 aliphatic carbocycles. The molecule has 0 unspecified atom stereocenters. The molecule has 0 bridgehead atoms. The Morgan fingerprint density at radius 2 is 0.470 bits per heavy atom. The van der Waals surface area contributed by atoms with Gasteiger partial charge in [0.15, 0.2) is 0 Å². The van der Waals surface area contributed by atoms with Gasteiger partial charge in [-0.05, 0) is 32.3 Å². The molecule has 0 saturated heterocycles. The second-order valence-corrected chi connectivity index (χ2v) is 43.3. The smallest absolute Gasteiger partial charge is 0.103 e. The van der Waals surface area contributed by atoms with E-state index in [1.54, 1.807) is 20.8 Å². The second-order valence-electron chi connectivity index (χ2n) is 19.8. The molecule has 4 aromatic rings. The number of rotatable bonds is 8. The summed E-state index contributed by atoms with van der Waals surface area (Å²) in [7, 11) is -3.38. The number of benzene rings is 4. The summed E-state index contributed by atoms with van der Waals surface area (Å²) in [6, 6.07) is 42.6. The van der Waals surface area contributed by atoms with Crippen LogP contribution in [0.15, 0.2) is 191 Å². The third-order valence-corrected chi connectivity index (χ3v) is 21.3. The molecule has 0 nitrogen and oxygen atoms in total. The van der Waals surface area contributed by atoms with Crippen LogP contribution in [0.5, 0.6) is 0 Å². The van der Waals surface area contributed by atoms with Crippen LogP contribution in [-0.2, 0) is 51.7 Å². The van der Waals surface area contributed by atoms with Crippen molar-refractivity contribution in [2.24, 2.45) is 0 Å². The third-order valence-electron chi connectivity index (χ3n) is 10.1. The predicted octanol–water partition coefficient (Wildman–Crippen LogP) is 6.36. The first-order valence-corrected chi connectivity index (χ1v) is 38.6. The fourth-order valence-corrected chi connectivity index (χ4v) is 13.7. The van der Waals surface area contributed by atoms with Crippen LogP contribution in [-0.4, -0.2) is 51.3 Å². The summed E-state index contributed by atoms with van der Waals surface area (Å²) in [4.78, 5) is 0.